The van der Waals surface area contributed by atoms with Crippen molar-refractivity contribution in [2.45, 2.75) is 18.1 Å². The van der Waals surface area contributed by atoms with Crippen LogP contribution in [-0.2, 0) is 0 Å². The largest absolute Gasteiger partial charge is 0.494 e. The fraction of sp³-hybridized carbons (Fsp3) is 0.400. The van der Waals surface area contributed by atoms with Gasteiger partial charge in [-0.15, -0.1) is 12.4 Å². The van der Waals surface area contributed by atoms with Gasteiger partial charge in [-0.25, -0.2) is 4.39 Å². The van der Waals surface area contributed by atoms with Crippen molar-refractivity contribution in [2.75, 3.05) is 7.11 Å². The highest BCUT2D eigenvalue weighted by Gasteiger charge is 2.62. The molecule has 0 aliphatic heterocycles. The van der Waals surface area contributed by atoms with E-state index in [9.17, 15) is 26.3 Å². The predicted octanol–water partition coefficient (Wildman–Crippen LogP) is 3.45. The molecule has 0 aliphatic carbocycles. The SMILES string of the molecule is COc1cccc([C@@H](N)C(F)(F)C(F)(F)F)c1F.Cl. The maximum atomic E-state index is 13.5. The Morgan fingerprint density at radius 2 is 1.68 bits per heavy atom. The van der Waals surface area contributed by atoms with Crippen molar-refractivity contribution in [1.29, 1.82) is 0 Å². The Morgan fingerprint density at radius 1 is 1.16 bits per heavy atom. The number of hydrogen-bond donors (Lipinski definition) is 1. The average Bonchev–Trinajstić information content (AvgIpc) is 2.27. The standard InChI is InChI=1S/C10H9F6NO.ClH/c1-18-6-4-2-3-5(7(6)11)8(17)9(12,13)10(14,15)16;/h2-4,8H,17H2,1H3;1H/t8-;/m1./s1. The zero-order chi connectivity index (χ0) is 14.1. The maximum Gasteiger partial charge on any atom is 0.455 e. The minimum Gasteiger partial charge on any atom is -0.494 e. The van der Waals surface area contributed by atoms with Crippen molar-refractivity contribution >= 4 is 12.4 Å². The monoisotopic (exact) mass is 309 g/mol. The Labute approximate surface area is 110 Å². The lowest BCUT2D eigenvalue weighted by molar-refractivity contribution is -0.291. The van der Waals surface area contributed by atoms with E-state index in [1.54, 1.807) is 0 Å². The van der Waals surface area contributed by atoms with Crippen LogP contribution in [0.2, 0.25) is 0 Å². The lowest BCUT2D eigenvalue weighted by Gasteiger charge is -2.26. The molecular weight excluding hydrogens is 300 g/mol. The van der Waals surface area contributed by atoms with Gasteiger partial charge in [-0.2, -0.15) is 22.0 Å². The van der Waals surface area contributed by atoms with Crippen LogP contribution in [0.4, 0.5) is 26.3 Å². The number of benzene rings is 1. The molecule has 0 saturated carbocycles. The number of alkyl halides is 5. The molecule has 1 aromatic carbocycles. The summed E-state index contributed by atoms with van der Waals surface area (Å²) in [7, 11) is 1.05. The van der Waals surface area contributed by atoms with Gasteiger partial charge in [0.25, 0.3) is 0 Å². The third-order valence-corrected chi connectivity index (χ3v) is 2.32. The Balaban J connectivity index is 0.00000324. The van der Waals surface area contributed by atoms with E-state index in [1.165, 1.54) is 0 Å². The first-order chi connectivity index (χ1) is 8.13. The molecule has 0 bridgehead atoms. The van der Waals surface area contributed by atoms with Crippen molar-refractivity contribution in [3.05, 3.63) is 29.6 Å². The summed E-state index contributed by atoms with van der Waals surface area (Å²) in [6.07, 6.45) is -5.86. The molecule has 9 heteroatoms. The number of halogens is 7. The molecule has 0 heterocycles. The molecule has 19 heavy (non-hydrogen) atoms. The second-order valence-electron chi connectivity index (χ2n) is 3.46. The van der Waals surface area contributed by atoms with Gasteiger partial charge in [0.05, 0.1) is 7.11 Å². The molecule has 0 aromatic heterocycles. The zero-order valence-electron chi connectivity index (χ0n) is 9.47. The van der Waals surface area contributed by atoms with Gasteiger partial charge in [0.2, 0.25) is 0 Å². The Kier molecular flexibility index (Phi) is 5.52. The van der Waals surface area contributed by atoms with Crippen molar-refractivity contribution in [2.24, 2.45) is 5.73 Å². The van der Waals surface area contributed by atoms with Gasteiger partial charge in [0.1, 0.15) is 6.04 Å². The summed E-state index contributed by atoms with van der Waals surface area (Å²) >= 11 is 0. The molecule has 2 nitrogen and oxygen atoms in total. The van der Waals surface area contributed by atoms with E-state index in [2.05, 4.69) is 4.74 Å². The van der Waals surface area contributed by atoms with Gasteiger partial charge < -0.3 is 10.5 Å². The highest BCUT2D eigenvalue weighted by atomic mass is 35.5. The van der Waals surface area contributed by atoms with E-state index in [4.69, 9.17) is 5.73 Å². The molecule has 0 spiro atoms. The van der Waals surface area contributed by atoms with Crippen molar-refractivity contribution in [3.8, 4) is 5.75 Å². The minimum absolute atomic E-state index is 0. The van der Waals surface area contributed by atoms with Gasteiger partial charge in [-0.05, 0) is 6.07 Å². The lowest BCUT2D eigenvalue weighted by Crippen LogP contribution is -2.46. The minimum atomic E-state index is -5.86. The number of methoxy groups -OCH3 is 1. The number of ether oxygens (including phenoxy) is 1. The third-order valence-electron chi connectivity index (χ3n) is 2.32. The summed E-state index contributed by atoms with van der Waals surface area (Å²) < 4.78 is 80.2. The molecule has 110 valence electrons. The molecule has 2 N–H and O–H groups in total. The summed E-state index contributed by atoms with van der Waals surface area (Å²) in [5.41, 5.74) is 3.86. The molecule has 1 rings (SSSR count). The lowest BCUT2D eigenvalue weighted by atomic mass is 10.00. The molecule has 0 amide bonds. The van der Waals surface area contributed by atoms with Crippen LogP contribution in [0.3, 0.4) is 0 Å². The Bertz CT molecular complexity index is 437. The molecule has 0 fully saturated rings. The quantitative estimate of drug-likeness (QED) is 0.868. The second kappa shape index (κ2) is 5.87. The Morgan fingerprint density at radius 3 is 2.11 bits per heavy atom. The summed E-state index contributed by atoms with van der Waals surface area (Å²) in [5, 5.41) is 0. The van der Waals surface area contributed by atoms with E-state index < -0.39 is 35.3 Å². The predicted molar refractivity (Wildman–Crippen MR) is 58.1 cm³/mol. The first-order valence-electron chi connectivity index (χ1n) is 4.65. The first kappa shape index (κ1) is 17.9. The number of rotatable bonds is 3. The van der Waals surface area contributed by atoms with E-state index in [0.29, 0.717) is 0 Å². The molecule has 0 saturated heterocycles. The van der Waals surface area contributed by atoms with Crippen molar-refractivity contribution in [3.63, 3.8) is 0 Å². The van der Waals surface area contributed by atoms with Gasteiger partial charge >= 0.3 is 12.1 Å². The van der Waals surface area contributed by atoms with E-state index in [1.807, 2.05) is 0 Å². The molecular formula is C10H10ClF6NO. The van der Waals surface area contributed by atoms with Crippen LogP contribution in [0, 0.1) is 5.82 Å². The maximum absolute atomic E-state index is 13.5. The van der Waals surface area contributed by atoms with Gasteiger partial charge in [-0.3, -0.25) is 0 Å². The smallest absolute Gasteiger partial charge is 0.455 e. The number of nitrogens with two attached hydrogens (primary N) is 1. The molecule has 0 unspecified atom stereocenters. The van der Waals surface area contributed by atoms with Crippen LogP contribution in [0.25, 0.3) is 0 Å². The first-order valence-corrected chi connectivity index (χ1v) is 4.65. The van der Waals surface area contributed by atoms with E-state index in [0.717, 1.165) is 25.3 Å². The molecule has 1 atom stereocenters. The van der Waals surface area contributed by atoms with Gasteiger partial charge in [-0.1, -0.05) is 12.1 Å². The highest BCUT2D eigenvalue weighted by molar-refractivity contribution is 5.85. The van der Waals surface area contributed by atoms with Crippen LogP contribution in [0.1, 0.15) is 11.6 Å². The summed E-state index contributed by atoms with van der Waals surface area (Å²) in [5.74, 6) is -7.03. The molecule has 0 radical (unpaired) electrons. The average molecular weight is 310 g/mol. The van der Waals surface area contributed by atoms with Crippen LogP contribution in [0.15, 0.2) is 18.2 Å². The van der Waals surface area contributed by atoms with Gasteiger partial charge in [0, 0.05) is 5.56 Å². The van der Waals surface area contributed by atoms with Crippen molar-refractivity contribution < 1.29 is 31.1 Å². The van der Waals surface area contributed by atoms with Gasteiger partial charge in [0.15, 0.2) is 11.6 Å². The van der Waals surface area contributed by atoms with E-state index in [-0.39, 0.29) is 12.4 Å². The van der Waals surface area contributed by atoms with E-state index >= 15 is 0 Å². The van der Waals surface area contributed by atoms with Crippen molar-refractivity contribution in [1.82, 2.24) is 0 Å². The van der Waals surface area contributed by atoms with Crippen LogP contribution >= 0.6 is 12.4 Å². The molecule has 0 aliphatic rings. The zero-order valence-corrected chi connectivity index (χ0v) is 10.3. The summed E-state index contributed by atoms with van der Waals surface area (Å²) in [6, 6.07) is 0.0656. The van der Waals surface area contributed by atoms with Crippen LogP contribution in [0.5, 0.6) is 5.75 Å². The molecule has 1 aromatic rings. The summed E-state index contributed by atoms with van der Waals surface area (Å²) in [4.78, 5) is 0. The van der Waals surface area contributed by atoms with Crippen LogP contribution < -0.4 is 10.5 Å². The number of hydrogen-bond acceptors (Lipinski definition) is 2. The summed E-state index contributed by atoms with van der Waals surface area (Å²) in [6.45, 7) is 0. The topological polar surface area (TPSA) is 35.2 Å². The third kappa shape index (κ3) is 3.24. The second-order valence-corrected chi connectivity index (χ2v) is 3.46. The fourth-order valence-corrected chi connectivity index (χ4v) is 1.30. The Hall–Kier alpha value is -1.15. The van der Waals surface area contributed by atoms with Crippen LogP contribution in [-0.4, -0.2) is 19.2 Å². The fourth-order valence-electron chi connectivity index (χ4n) is 1.30. The normalized spacial score (nSPS) is 13.7. The highest BCUT2D eigenvalue weighted by Crippen LogP contribution is 2.44.